The third-order valence-corrected chi connectivity index (χ3v) is 10.6. The van der Waals surface area contributed by atoms with Gasteiger partial charge in [-0.1, -0.05) is 39.5 Å². The highest BCUT2D eigenvalue weighted by Crippen LogP contribution is 2.51. The zero-order valence-corrected chi connectivity index (χ0v) is 15.7. The van der Waals surface area contributed by atoms with Crippen LogP contribution < -0.4 is 0 Å². The Labute approximate surface area is 133 Å². The molecule has 0 heterocycles. The van der Waals surface area contributed by atoms with E-state index in [1.54, 1.807) is 0 Å². The maximum absolute atomic E-state index is 6.56. The van der Waals surface area contributed by atoms with Crippen LogP contribution >= 0.6 is 0 Å². The number of hydrogen-bond acceptors (Lipinski definition) is 2. The lowest BCUT2D eigenvalue weighted by molar-refractivity contribution is 0.137. The van der Waals surface area contributed by atoms with Crippen LogP contribution in [0.3, 0.4) is 0 Å². The van der Waals surface area contributed by atoms with Crippen LogP contribution in [0.4, 0.5) is 0 Å². The largest absolute Gasteiger partial charge is 0.394 e. The molecule has 0 bridgehead atoms. The second-order valence-electron chi connectivity index (χ2n) is 7.52. The SMILES string of the molecule is CCO[Si](OCC)(C1CCCC(C)C1)C1CCCC(C)C1. The van der Waals surface area contributed by atoms with Crippen LogP contribution in [-0.4, -0.2) is 21.8 Å². The fourth-order valence-corrected chi connectivity index (χ4v) is 10.2. The smallest absolute Gasteiger partial charge is 0.344 e. The van der Waals surface area contributed by atoms with Gasteiger partial charge in [0.15, 0.2) is 0 Å². The van der Waals surface area contributed by atoms with Crippen molar-refractivity contribution in [3.63, 3.8) is 0 Å². The molecule has 0 radical (unpaired) electrons. The van der Waals surface area contributed by atoms with Crippen molar-refractivity contribution in [2.45, 2.75) is 90.1 Å². The van der Waals surface area contributed by atoms with Gasteiger partial charge >= 0.3 is 8.56 Å². The van der Waals surface area contributed by atoms with E-state index < -0.39 is 8.56 Å². The van der Waals surface area contributed by atoms with Gasteiger partial charge in [-0.2, -0.15) is 0 Å². The summed E-state index contributed by atoms with van der Waals surface area (Å²) in [7, 11) is -2.08. The van der Waals surface area contributed by atoms with Crippen molar-refractivity contribution in [2.75, 3.05) is 13.2 Å². The zero-order valence-electron chi connectivity index (χ0n) is 14.7. The molecule has 2 nitrogen and oxygen atoms in total. The second-order valence-corrected chi connectivity index (χ2v) is 11.2. The molecule has 3 heteroatoms. The van der Waals surface area contributed by atoms with Gasteiger partial charge in [0, 0.05) is 24.3 Å². The topological polar surface area (TPSA) is 18.5 Å². The van der Waals surface area contributed by atoms with Crippen LogP contribution in [0.1, 0.15) is 79.1 Å². The third-order valence-electron chi connectivity index (χ3n) is 5.75. The van der Waals surface area contributed by atoms with Crippen molar-refractivity contribution in [1.82, 2.24) is 0 Å². The van der Waals surface area contributed by atoms with Crippen molar-refractivity contribution >= 4 is 8.56 Å². The highest BCUT2D eigenvalue weighted by Gasteiger charge is 2.53. The van der Waals surface area contributed by atoms with Crippen LogP contribution in [0.2, 0.25) is 11.1 Å². The summed E-state index contributed by atoms with van der Waals surface area (Å²) in [6, 6.07) is 0. The minimum atomic E-state index is -2.08. The van der Waals surface area contributed by atoms with Gasteiger partial charge in [-0.15, -0.1) is 0 Å². The fourth-order valence-electron chi connectivity index (χ4n) is 4.90. The number of hydrogen-bond donors (Lipinski definition) is 0. The Balaban J connectivity index is 2.22. The molecule has 2 fully saturated rings. The van der Waals surface area contributed by atoms with Crippen molar-refractivity contribution < 1.29 is 8.85 Å². The van der Waals surface area contributed by atoms with Gasteiger partial charge < -0.3 is 8.85 Å². The van der Waals surface area contributed by atoms with Crippen LogP contribution in [0.5, 0.6) is 0 Å². The van der Waals surface area contributed by atoms with Crippen LogP contribution in [-0.2, 0) is 8.85 Å². The maximum atomic E-state index is 6.56. The van der Waals surface area contributed by atoms with Gasteiger partial charge in [-0.25, -0.2) is 0 Å². The molecule has 2 rings (SSSR count). The van der Waals surface area contributed by atoms with Gasteiger partial charge in [-0.3, -0.25) is 0 Å². The van der Waals surface area contributed by atoms with Gasteiger partial charge in [0.05, 0.1) is 0 Å². The van der Waals surface area contributed by atoms with E-state index in [4.69, 9.17) is 8.85 Å². The average Bonchev–Trinajstić information content (AvgIpc) is 2.47. The van der Waals surface area contributed by atoms with E-state index in [9.17, 15) is 0 Å². The molecule has 2 aliphatic rings. The molecule has 4 atom stereocenters. The summed E-state index contributed by atoms with van der Waals surface area (Å²) >= 11 is 0. The minimum Gasteiger partial charge on any atom is -0.394 e. The molecule has 0 amide bonds. The van der Waals surface area contributed by atoms with E-state index in [-0.39, 0.29) is 0 Å². The van der Waals surface area contributed by atoms with E-state index in [1.165, 1.54) is 51.4 Å². The molecule has 0 aromatic carbocycles. The Bertz CT molecular complexity index is 278. The third kappa shape index (κ3) is 4.11. The van der Waals surface area contributed by atoms with Gasteiger partial charge in [-0.05, 0) is 51.4 Å². The Morgan fingerprint density at radius 2 is 1.19 bits per heavy atom. The molecule has 0 aromatic rings. The van der Waals surface area contributed by atoms with E-state index in [2.05, 4.69) is 27.7 Å². The molecule has 4 unspecified atom stereocenters. The van der Waals surface area contributed by atoms with Crippen molar-refractivity contribution in [3.05, 3.63) is 0 Å². The van der Waals surface area contributed by atoms with E-state index >= 15 is 0 Å². The van der Waals surface area contributed by atoms with Crippen molar-refractivity contribution in [3.8, 4) is 0 Å². The summed E-state index contributed by atoms with van der Waals surface area (Å²) < 4.78 is 13.1. The summed E-state index contributed by atoms with van der Waals surface area (Å²) in [4.78, 5) is 0. The Morgan fingerprint density at radius 1 is 0.762 bits per heavy atom. The van der Waals surface area contributed by atoms with Crippen molar-refractivity contribution in [1.29, 1.82) is 0 Å². The van der Waals surface area contributed by atoms with Crippen LogP contribution in [0.25, 0.3) is 0 Å². The average molecular weight is 313 g/mol. The monoisotopic (exact) mass is 312 g/mol. The summed E-state index contributed by atoms with van der Waals surface area (Å²) in [6.45, 7) is 10.8. The first kappa shape index (κ1) is 17.5. The second kappa shape index (κ2) is 8.12. The molecule has 0 N–H and O–H groups in total. The lowest BCUT2D eigenvalue weighted by Crippen LogP contribution is -2.53. The molecular weight excluding hydrogens is 276 g/mol. The van der Waals surface area contributed by atoms with Gasteiger partial charge in [0.2, 0.25) is 0 Å². The Morgan fingerprint density at radius 3 is 1.52 bits per heavy atom. The molecule has 2 aliphatic carbocycles. The molecule has 2 saturated carbocycles. The predicted molar refractivity (Wildman–Crippen MR) is 91.8 cm³/mol. The minimum absolute atomic E-state index is 0.733. The maximum Gasteiger partial charge on any atom is 0.344 e. The molecule has 0 aliphatic heterocycles. The van der Waals surface area contributed by atoms with Crippen LogP contribution in [0.15, 0.2) is 0 Å². The molecular formula is C18H36O2Si. The summed E-state index contributed by atoms with van der Waals surface area (Å²) in [5, 5.41) is 0. The molecule has 21 heavy (non-hydrogen) atoms. The lowest BCUT2D eigenvalue weighted by atomic mass is 9.90. The van der Waals surface area contributed by atoms with Crippen LogP contribution in [0, 0.1) is 11.8 Å². The quantitative estimate of drug-likeness (QED) is 0.589. The highest BCUT2D eigenvalue weighted by molar-refractivity contribution is 6.70. The van der Waals surface area contributed by atoms with E-state index in [1.807, 2.05) is 0 Å². The summed E-state index contributed by atoms with van der Waals surface area (Å²) in [5.74, 6) is 1.72. The molecule has 124 valence electrons. The Kier molecular flexibility index (Phi) is 6.76. The standard InChI is InChI=1S/C18H36O2Si/c1-5-19-21(20-6-2,17-11-7-9-15(3)13-17)18-12-8-10-16(4)14-18/h15-18H,5-14H2,1-4H3. The summed E-state index contributed by atoms with van der Waals surface area (Å²) in [5.41, 5.74) is 1.47. The zero-order chi connectivity index (χ0) is 15.3. The lowest BCUT2D eigenvalue weighted by Gasteiger charge is -2.47. The molecule has 0 aromatic heterocycles. The van der Waals surface area contributed by atoms with E-state index in [0.717, 1.165) is 36.1 Å². The van der Waals surface area contributed by atoms with E-state index in [0.29, 0.717) is 0 Å². The van der Waals surface area contributed by atoms with Gasteiger partial charge in [0.1, 0.15) is 0 Å². The molecule has 0 saturated heterocycles. The first-order chi connectivity index (χ1) is 10.1. The first-order valence-corrected chi connectivity index (χ1v) is 11.4. The first-order valence-electron chi connectivity index (χ1n) is 9.40. The molecule has 0 spiro atoms. The number of rotatable bonds is 6. The normalized spacial score (nSPS) is 34.9. The Hall–Kier alpha value is 0.137. The highest BCUT2D eigenvalue weighted by atomic mass is 28.4. The fraction of sp³-hybridized carbons (Fsp3) is 1.00. The van der Waals surface area contributed by atoms with Gasteiger partial charge in [0.25, 0.3) is 0 Å². The summed E-state index contributed by atoms with van der Waals surface area (Å²) in [6.07, 6.45) is 10.9. The predicted octanol–water partition coefficient (Wildman–Crippen LogP) is 5.66. The van der Waals surface area contributed by atoms with Crippen molar-refractivity contribution in [2.24, 2.45) is 11.8 Å².